The van der Waals surface area contributed by atoms with Crippen molar-refractivity contribution in [3.63, 3.8) is 0 Å². The Morgan fingerprint density at radius 1 is 0.897 bits per heavy atom. The van der Waals surface area contributed by atoms with E-state index < -0.39 is 79.2 Å². The number of carbonyl (C=O) groups is 5. The molecule has 2 aromatic carbocycles. The number of hydrogen-bond donors (Lipinski definition) is 0. The average Bonchev–Trinajstić information content (AvgIpc) is 3.92. The summed E-state index contributed by atoms with van der Waals surface area (Å²) in [7, 11) is 4.94. The molecule has 0 aliphatic carbocycles. The largest absolute Gasteiger partial charge is 0.493 e. The highest BCUT2D eigenvalue weighted by Gasteiger charge is 2.53. The lowest BCUT2D eigenvalue weighted by atomic mass is 9.85. The molecule has 20 nitrogen and oxygen atoms in total. The average molecular weight is 811 g/mol. The molecule has 0 saturated carbocycles. The van der Waals surface area contributed by atoms with Gasteiger partial charge in [0.1, 0.15) is 36.7 Å². The van der Waals surface area contributed by atoms with Crippen LogP contribution in [0.2, 0.25) is 0 Å². The lowest BCUT2D eigenvalue weighted by Gasteiger charge is -2.44. The Labute approximate surface area is 331 Å². The van der Waals surface area contributed by atoms with E-state index in [0.717, 1.165) is 31.9 Å². The standard InChI is InChI=1S/C38H42N4O16/c1-17(43)50-15-26-33(54-18(2)44)35(55-19(3)45)36(56-20(4)46)37(57-26)42-13-22(39-40-42)14-51-31-24(48-6)9-8-23-28(31)38(47)58-30(23)29-27-21(10-11-41(29)5)12-25-32(34(27)49-7)53-16-52-25/h8-9,12-13,26,29-30,33,35-37H,10-11,14-16H2,1-7H3/t26-,29-,30+,33+,35+,36-,37-/m1/s1. The molecule has 1 fully saturated rings. The third-order valence-corrected chi connectivity index (χ3v) is 10.0. The quantitative estimate of drug-likeness (QED) is 0.189. The third-order valence-electron chi connectivity index (χ3n) is 10.0. The molecule has 0 amide bonds. The summed E-state index contributed by atoms with van der Waals surface area (Å²) in [6, 6.07) is 4.92. The smallest absolute Gasteiger partial charge is 0.343 e. The van der Waals surface area contributed by atoms with Gasteiger partial charge in [0.05, 0.1) is 26.5 Å². The van der Waals surface area contributed by atoms with E-state index in [1.165, 1.54) is 24.9 Å². The van der Waals surface area contributed by atoms with Gasteiger partial charge in [-0.2, -0.15) is 0 Å². The van der Waals surface area contributed by atoms with Crippen LogP contribution in [0, 0.1) is 0 Å². The topological polar surface area (TPSA) is 221 Å². The van der Waals surface area contributed by atoms with E-state index in [1.807, 2.05) is 13.1 Å². The second kappa shape index (κ2) is 16.4. The summed E-state index contributed by atoms with van der Waals surface area (Å²) in [5, 5.41) is 8.37. The number of nitrogens with zero attached hydrogens (tertiary/aromatic N) is 4. The van der Waals surface area contributed by atoms with Gasteiger partial charge in [0.25, 0.3) is 0 Å². The molecule has 7 atom stereocenters. The molecule has 58 heavy (non-hydrogen) atoms. The van der Waals surface area contributed by atoms with E-state index in [4.69, 9.17) is 52.1 Å². The van der Waals surface area contributed by atoms with Crippen molar-refractivity contribution in [2.24, 2.45) is 0 Å². The Balaban J connectivity index is 1.19. The molecule has 1 aromatic heterocycles. The molecule has 7 rings (SSSR count). The lowest BCUT2D eigenvalue weighted by Crippen LogP contribution is -2.60. The van der Waals surface area contributed by atoms with E-state index in [9.17, 15) is 24.0 Å². The lowest BCUT2D eigenvalue weighted by molar-refractivity contribution is -0.270. The van der Waals surface area contributed by atoms with Gasteiger partial charge in [0.15, 0.2) is 47.5 Å². The van der Waals surface area contributed by atoms with Crippen LogP contribution >= 0.6 is 0 Å². The van der Waals surface area contributed by atoms with Crippen molar-refractivity contribution in [2.45, 2.75) is 83.5 Å². The molecule has 3 aromatic rings. The van der Waals surface area contributed by atoms with Crippen molar-refractivity contribution >= 4 is 29.8 Å². The minimum atomic E-state index is -1.42. The number of cyclic esters (lactones) is 1. The molecule has 0 spiro atoms. The van der Waals surface area contributed by atoms with Gasteiger partial charge in [-0.25, -0.2) is 9.48 Å². The van der Waals surface area contributed by atoms with E-state index >= 15 is 0 Å². The fourth-order valence-electron chi connectivity index (χ4n) is 7.72. The summed E-state index contributed by atoms with van der Waals surface area (Å²) in [6.07, 6.45) is -5.36. The highest BCUT2D eigenvalue weighted by Crippen LogP contribution is 2.55. The summed E-state index contributed by atoms with van der Waals surface area (Å²) >= 11 is 0. The van der Waals surface area contributed by atoms with Crippen LogP contribution < -0.4 is 23.7 Å². The maximum Gasteiger partial charge on any atom is 0.343 e. The third kappa shape index (κ3) is 7.63. The van der Waals surface area contributed by atoms with Gasteiger partial charge < -0.3 is 52.1 Å². The number of ether oxygens (including phenoxy) is 11. The zero-order valence-corrected chi connectivity index (χ0v) is 32.7. The van der Waals surface area contributed by atoms with Gasteiger partial charge >= 0.3 is 29.8 Å². The number of esters is 5. The van der Waals surface area contributed by atoms with Gasteiger partial charge in [-0.15, -0.1) is 5.10 Å². The van der Waals surface area contributed by atoms with Crippen molar-refractivity contribution in [3.05, 3.63) is 52.3 Å². The minimum Gasteiger partial charge on any atom is -0.493 e. The van der Waals surface area contributed by atoms with Crippen molar-refractivity contribution < 1.29 is 76.1 Å². The fraction of sp³-hybridized carbons (Fsp3) is 0.500. The van der Waals surface area contributed by atoms with Gasteiger partial charge in [-0.3, -0.25) is 24.1 Å². The zero-order chi connectivity index (χ0) is 41.4. The van der Waals surface area contributed by atoms with Crippen molar-refractivity contribution in [3.8, 4) is 28.7 Å². The fourth-order valence-corrected chi connectivity index (χ4v) is 7.72. The molecular weight excluding hydrogens is 768 g/mol. The highest BCUT2D eigenvalue weighted by molar-refractivity contribution is 5.98. The number of aromatic nitrogens is 3. The monoisotopic (exact) mass is 810 g/mol. The Morgan fingerprint density at radius 2 is 1.62 bits per heavy atom. The van der Waals surface area contributed by atoms with Gasteiger partial charge in [0, 0.05) is 45.4 Å². The molecule has 0 unspecified atom stereocenters. The predicted molar refractivity (Wildman–Crippen MR) is 191 cm³/mol. The molecular formula is C38H42N4O16. The number of likely N-dealkylation sites (N-methyl/N-ethyl adjacent to an activating group) is 1. The number of methoxy groups -OCH3 is 2. The number of benzene rings is 2. The summed E-state index contributed by atoms with van der Waals surface area (Å²) in [6.45, 7) is 4.61. The molecule has 310 valence electrons. The molecule has 0 bridgehead atoms. The summed E-state index contributed by atoms with van der Waals surface area (Å²) in [4.78, 5) is 64.4. The first-order valence-electron chi connectivity index (χ1n) is 18.2. The molecule has 5 heterocycles. The second-order valence-corrected chi connectivity index (χ2v) is 13.8. The highest BCUT2D eigenvalue weighted by atomic mass is 16.7. The molecule has 4 aliphatic heterocycles. The first-order valence-corrected chi connectivity index (χ1v) is 18.2. The minimum absolute atomic E-state index is 0.0625. The van der Waals surface area contributed by atoms with Crippen molar-refractivity contribution in [1.29, 1.82) is 0 Å². The summed E-state index contributed by atoms with van der Waals surface area (Å²) in [5.74, 6) is -1.67. The van der Waals surface area contributed by atoms with Crippen LogP contribution in [-0.4, -0.2) is 115 Å². The Morgan fingerprint density at radius 3 is 2.31 bits per heavy atom. The van der Waals surface area contributed by atoms with Crippen LogP contribution in [0.4, 0.5) is 0 Å². The predicted octanol–water partition coefficient (Wildman–Crippen LogP) is 2.30. The molecule has 1 saturated heterocycles. The number of hydrogen-bond acceptors (Lipinski definition) is 19. The van der Waals surface area contributed by atoms with Crippen molar-refractivity contribution in [1.82, 2.24) is 19.9 Å². The number of fused-ring (bicyclic) bond motifs is 3. The van der Waals surface area contributed by atoms with Crippen molar-refractivity contribution in [2.75, 3.05) is 41.2 Å². The maximum absolute atomic E-state index is 13.8. The normalized spacial score (nSPS) is 24.5. The summed E-state index contributed by atoms with van der Waals surface area (Å²) in [5.41, 5.74) is 2.75. The van der Waals surface area contributed by atoms with Gasteiger partial charge in [-0.05, 0) is 31.2 Å². The number of carbonyl (C=O) groups excluding carboxylic acids is 5. The van der Waals surface area contributed by atoms with E-state index in [1.54, 1.807) is 19.2 Å². The van der Waals surface area contributed by atoms with Crippen LogP contribution in [0.1, 0.15) is 78.8 Å². The van der Waals surface area contributed by atoms with Gasteiger partial charge in [-0.1, -0.05) is 11.3 Å². The SMILES string of the molecule is COc1ccc2c(c1OCc1cn([C@@H]3O[C@H](COC(C)=O)[C@H](OC(C)=O)[C@H](OC(C)=O)[C@H]3OC(C)=O)nn1)C(=O)O[C@@H]2[C@H]1c2c(cc3c(c2OC)OCO3)CCN1C. The molecule has 0 radical (unpaired) electrons. The van der Waals surface area contributed by atoms with Crippen LogP contribution in [0.15, 0.2) is 24.4 Å². The van der Waals surface area contributed by atoms with Crippen LogP contribution in [-0.2, 0) is 60.6 Å². The molecule has 20 heteroatoms. The second-order valence-electron chi connectivity index (χ2n) is 13.8. The Bertz CT molecular complexity index is 2120. The van der Waals surface area contributed by atoms with E-state index in [0.29, 0.717) is 35.8 Å². The Hall–Kier alpha value is -6.15. The molecule has 0 N–H and O–H groups in total. The van der Waals surface area contributed by atoms with Gasteiger partial charge in [0.2, 0.25) is 12.5 Å². The Kier molecular flexibility index (Phi) is 11.3. The summed E-state index contributed by atoms with van der Waals surface area (Å²) < 4.78 is 64.4. The van der Waals surface area contributed by atoms with Crippen LogP contribution in [0.5, 0.6) is 28.7 Å². The van der Waals surface area contributed by atoms with E-state index in [2.05, 4.69) is 15.2 Å². The van der Waals surface area contributed by atoms with Crippen LogP contribution in [0.25, 0.3) is 0 Å². The molecule has 4 aliphatic rings. The first-order chi connectivity index (χ1) is 27.8. The maximum atomic E-state index is 13.8. The van der Waals surface area contributed by atoms with E-state index in [-0.39, 0.29) is 36.2 Å². The first kappa shape index (κ1) is 40.1. The van der Waals surface area contributed by atoms with Crippen LogP contribution in [0.3, 0.4) is 0 Å². The number of rotatable bonds is 12. The zero-order valence-electron chi connectivity index (χ0n) is 32.7.